The van der Waals surface area contributed by atoms with Crippen LogP contribution in [0.25, 0.3) is 0 Å². The van der Waals surface area contributed by atoms with E-state index in [1.165, 1.54) is 68.7 Å². The fraction of sp³-hybridized carbons (Fsp3) is 0.647. The smallest absolute Gasteiger partial charge is 0.0372 e. The van der Waals surface area contributed by atoms with E-state index in [2.05, 4.69) is 40.4 Å². The van der Waals surface area contributed by atoms with E-state index in [4.69, 9.17) is 0 Å². The van der Waals surface area contributed by atoms with Crippen molar-refractivity contribution in [2.75, 3.05) is 45.1 Å². The highest BCUT2D eigenvalue weighted by Gasteiger charge is 2.13. The van der Waals surface area contributed by atoms with Crippen LogP contribution < -0.4 is 5.32 Å². The molecule has 0 amide bonds. The molecule has 2 aliphatic heterocycles. The third-order valence-electron chi connectivity index (χ3n) is 4.56. The maximum absolute atomic E-state index is 3.49. The van der Waals surface area contributed by atoms with Crippen molar-refractivity contribution in [2.45, 2.75) is 32.2 Å². The van der Waals surface area contributed by atoms with Gasteiger partial charge in [0.1, 0.15) is 0 Å². The van der Waals surface area contributed by atoms with E-state index in [1.807, 2.05) is 0 Å². The molecule has 1 aromatic carbocycles. The van der Waals surface area contributed by atoms with Crippen molar-refractivity contribution < 1.29 is 0 Å². The summed E-state index contributed by atoms with van der Waals surface area (Å²) in [7, 11) is 2.24. The molecule has 110 valence electrons. The molecule has 0 atom stereocenters. The maximum atomic E-state index is 3.49. The molecule has 0 saturated carbocycles. The number of anilines is 1. The highest BCUT2D eigenvalue weighted by molar-refractivity contribution is 5.54. The van der Waals surface area contributed by atoms with Gasteiger partial charge in [0.15, 0.2) is 0 Å². The van der Waals surface area contributed by atoms with Crippen molar-refractivity contribution in [2.24, 2.45) is 0 Å². The Morgan fingerprint density at radius 2 is 2.05 bits per heavy atom. The van der Waals surface area contributed by atoms with Gasteiger partial charge in [0.05, 0.1) is 0 Å². The molecule has 20 heavy (non-hydrogen) atoms. The van der Waals surface area contributed by atoms with Crippen LogP contribution in [0.4, 0.5) is 5.69 Å². The third kappa shape index (κ3) is 3.53. The topological polar surface area (TPSA) is 18.5 Å². The average Bonchev–Trinajstić information content (AvgIpc) is 2.98. The summed E-state index contributed by atoms with van der Waals surface area (Å²) < 4.78 is 0. The Kier molecular flexibility index (Phi) is 4.58. The van der Waals surface area contributed by atoms with E-state index < -0.39 is 0 Å². The zero-order valence-electron chi connectivity index (χ0n) is 12.7. The molecular formula is C17H27N3. The fourth-order valence-electron chi connectivity index (χ4n) is 3.34. The van der Waals surface area contributed by atoms with E-state index >= 15 is 0 Å². The van der Waals surface area contributed by atoms with Crippen molar-refractivity contribution >= 4 is 5.69 Å². The van der Waals surface area contributed by atoms with E-state index in [1.54, 1.807) is 0 Å². The lowest BCUT2D eigenvalue weighted by molar-refractivity contribution is 0.252. The minimum absolute atomic E-state index is 1.07. The zero-order valence-corrected chi connectivity index (χ0v) is 12.7. The van der Waals surface area contributed by atoms with Crippen LogP contribution in [0.5, 0.6) is 0 Å². The molecule has 0 aromatic heterocycles. The number of likely N-dealkylation sites (N-methyl/N-ethyl adjacent to an activating group) is 1. The van der Waals surface area contributed by atoms with E-state index in [-0.39, 0.29) is 0 Å². The lowest BCUT2D eigenvalue weighted by Gasteiger charge is -2.23. The predicted molar refractivity (Wildman–Crippen MR) is 85.3 cm³/mol. The molecule has 1 N–H and O–H groups in total. The summed E-state index contributed by atoms with van der Waals surface area (Å²) in [6.45, 7) is 7.21. The summed E-state index contributed by atoms with van der Waals surface area (Å²) in [5, 5.41) is 3.49. The van der Waals surface area contributed by atoms with Crippen molar-refractivity contribution in [1.82, 2.24) is 9.80 Å². The quantitative estimate of drug-likeness (QED) is 0.889. The van der Waals surface area contributed by atoms with Gasteiger partial charge in [0, 0.05) is 31.9 Å². The molecular weight excluding hydrogens is 246 g/mol. The summed E-state index contributed by atoms with van der Waals surface area (Å²) in [5.74, 6) is 0. The number of nitrogens with one attached hydrogen (secondary N) is 1. The van der Waals surface area contributed by atoms with Crippen LogP contribution in [-0.2, 0) is 13.0 Å². The number of rotatable bonds is 5. The van der Waals surface area contributed by atoms with Crippen LogP contribution >= 0.6 is 0 Å². The first kappa shape index (κ1) is 13.9. The van der Waals surface area contributed by atoms with Gasteiger partial charge in [-0.25, -0.2) is 0 Å². The number of hydrogen-bond acceptors (Lipinski definition) is 3. The number of fused-ring (bicyclic) bond motifs is 1. The Bertz CT molecular complexity index is 438. The van der Waals surface area contributed by atoms with E-state index in [0.29, 0.717) is 0 Å². The van der Waals surface area contributed by atoms with Gasteiger partial charge in [-0.15, -0.1) is 0 Å². The van der Waals surface area contributed by atoms with Crippen LogP contribution in [0.2, 0.25) is 0 Å². The van der Waals surface area contributed by atoms with Gasteiger partial charge in [-0.3, -0.25) is 0 Å². The number of nitrogens with zero attached hydrogens (tertiary/aromatic N) is 2. The Morgan fingerprint density at radius 3 is 2.90 bits per heavy atom. The van der Waals surface area contributed by atoms with Crippen LogP contribution in [-0.4, -0.2) is 49.6 Å². The van der Waals surface area contributed by atoms with Crippen LogP contribution in [0, 0.1) is 0 Å². The molecule has 3 rings (SSSR count). The van der Waals surface area contributed by atoms with Gasteiger partial charge in [-0.1, -0.05) is 12.1 Å². The van der Waals surface area contributed by atoms with Crippen LogP contribution in [0.1, 0.15) is 30.4 Å². The summed E-state index contributed by atoms with van der Waals surface area (Å²) in [5.41, 5.74) is 4.30. The average molecular weight is 273 g/mol. The molecule has 1 saturated heterocycles. The Balaban J connectivity index is 1.51. The Morgan fingerprint density at radius 1 is 1.20 bits per heavy atom. The summed E-state index contributed by atoms with van der Waals surface area (Å²) in [6, 6.07) is 6.94. The predicted octanol–water partition coefficient (Wildman–Crippen LogP) is 2.57. The number of likely N-dealkylation sites (tertiary alicyclic amines) is 1. The van der Waals surface area contributed by atoms with E-state index in [0.717, 1.165) is 13.1 Å². The molecule has 0 spiro atoms. The minimum Gasteiger partial charge on any atom is -0.385 e. The zero-order chi connectivity index (χ0) is 13.8. The normalized spacial score (nSPS) is 19.1. The lowest BCUT2D eigenvalue weighted by Crippen LogP contribution is -2.31. The number of aryl methyl sites for hydroxylation is 1. The molecule has 1 fully saturated rings. The molecule has 2 heterocycles. The van der Waals surface area contributed by atoms with Gasteiger partial charge in [-0.2, -0.15) is 0 Å². The Hall–Kier alpha value is -1.06. The molecule has 0 radical (unpaired) electrons. The molecule has 3 heteroatoms. The highest BCUT2D eigenvalue weighted by Crippen LogP contribution is 2.23. The van der Waals surface area contributed by atoms with Gasteiger partial charge < -0.3 is 15.1 Å². The van der Waals surface area contributed by atoms with Crippen LogP contribution in [0.3, 0.4) is 0 Å². The fourth-order valence-corrected chi connectivity index (χ4v) is 3.34. The lowest BCUT2D eigenvalue weighted by atomic mass is 10.0. The number of benzene rings is 1. The third-order valence-corrected chi connectivity index (χ3v) is 4.56. The largest absolute Gasteiger partial charge is 0.385 e. The first-order valence-corrected chi connectivity index (χ1v) is 8.08. The summed E-state index contributed by atoms with van der Waals surface area (Å²) in [4.78, 5) is 5.05. The van der Waals surface area contributed by atoms with Gasteiger partial charge in [-0.05, 0) is 63.0 Å². The van der Waals surface area contributed by atoms with Gasteiger partial charge in [0.25, 0.3) is 0 Å². The van der Waals surface area contributed by atoms with Gasteiger partial charge in [0.2, 0.25) is 0 Å². The van der Waals surface area contributed by atoms with Crippen molar-refractivity contribution in [3.63, 3.8) is 0 Å². The summed E-state index contributed by atoms with van der Waals surface area (Å²) >= 11 is 0. The van der Waals surface area contributed by atoms with Crippen molar-refractivity contribution in [3.05, 3.63) is 29.3 Å². The molecule has 1 aromatic rings. The number of hydrogen-bond donors (Lipinski definition) is 1. The highest BCUT2D eigenvalue weighted by atomic mass is 15.2. The SMILES string of the molecule is CN(CCN1CCCC1)Cc1ccc2c(c1)CCCN2. The second-order valence-electron chi connectivity index (χ2n) is 6.31. The van der Waals surface area contributed by atoms with Crippen molar-refractivity contribution in [3.8, 4) is 0 Å². The molecule has 0 bridgehead atoms. The molecule has 0 aliphatic carbocycles. The first-order valence-electron chi connectivity index (χ1n) is 8.08. The van der Waals surface area contributed by atoms with Gasteiger partial charge >= 0.3 is 0 Å². The molecule has 3 nitrogen and oxygen atoms in total. The monoisotopic (exact) mass is 273 g/mol. The minimum atomic E-state index is 1.07. The molecule has 2 aliphatic rings. The van der Waals surface area contributed by atoms with E-state index in [9.17, 15) is 0 Å². The maximum Gasteiger partial charge on any atom is 0.0372 e. The Labute approximate surface area is 123 Å². The van der Waals surface area contributed by atoms with Crippen LogP contribution in [0.15, 0.2) is 18.2 Å². The molecule has 0 unspecified atom stereocenters. The summed E-state index contributed by atoms with van der Waals surface area (Å²) in [6.07, 6.45) is 5.28. The first-order chi connectivity index (χ1) is 9.81. The van der Waals surface area contributed by atoms with Crippen molar-refractivity contribution in [1.29, 1.82) is 0 Å². The second-order valence-corrected chi connectivity index (χ2v) is 6.31. The standard InChI is InChI=1S/C17H27N3/c1-19(11-12-20-9-2-3-10-20)14-15-6-7-17-16(13-15)5-4-8-18-17/h6-7,13,18H,2-5,8-12,14H2,1H3. The second kappa shape index (κ2) is 6.59.